The molecule has 0 saturated heterocycles. The summed E-state index contributed by atoms with van der Waals surface area (Å²) in [5.74, 6) is 0.931. The first-order valence-electron chi connectivity index (χ1n) is 4.61. The van der Waals surface area contributed by atoms with E-state index in [1.165, 1.54) is 0 Å². The topological polar surface area (TPSA) is 34.1 Å². The van der Waals surface area contributed by atoms with Gasteiger partial charge in [0.25, 0.3) is 0 Å². The molecular weight excluding hydrogens is 152 g/mol. The number of aldehydes is 2. The van der Waals surface area contributed by atoms with Crippen molar-refractivity contribution in [2.45, 2.75) is 26.7 Å². The first-order chi connectivity index (χ1) is 5.70. The molecule has 0 bridgehead atoms. The fourth-order valence-electron chi connectivity index (χ4n) is 2.21. The summed E-state index contributed by atoms with van der Waals surface area (Å²) < 4.78 is 0. The van der Waals surface area contributed by atoms with Gasteiger partial charge in [0, 0.05) is 11.8 Å². The van der Waals surface area contributed by atoms with Gasteiger partial charge in [-0.3, -0.25) is 0 Å². The van der Waals surface area contributed by atoms with E-state index < -0.39 is 0 Å². The van der Waals surface area contributed by atoms with Crippen molar-refractivity contribution >= 4 is 12.6 Å². The van der Waals surface area contributed by atoms with Crippen molar-refractivity contribution in [3.63, 3.8) is 0 Å². The number of carbonyl (C=O) groups is 2. The lowest BCUT2D eigenvalue weighted by Crippen LogP contribution is -2.21. The van der Waals surface area contributed by atoms with Crippen LogP contribution in [0.15, 0.2) is 0 Å². The Labute approximate surface area is 73.3 Å². The molecule has 1 aliphatic rings. The van der Waals surface area contributed by atoms with E-state index in [1.54, 1.807) is 0 Å². The standard InChI is InChI=1S/C10H16O2/c1-7-3-4-9(8(2)5-11)10(7)6-12/h5-10H,3-4H2,1-2H3/t7-,8-,9+,10-/m0/s1. The first-order valence-corrected chi connectivity index (χ1v) is 4.61. The zero-order valence-corrected chi connectivity index (χ0v) is 7.69. The van der Waals surface area contributed by atoms with Crippen LogP contribution in [0.25, 0.3) is 0 Å². The molecule has 1 fully saturated rings. The minimum atomic E-state index is 0.0464. The third-order valence-corrected chi connectivity index (χ3v) is 3.15. The lowest BCUT2D eigenvalue weighted by molar-refractivity contribution is -0.116. The van der Waals surface area contributed by atoms with Gasteiger partial charge in [-0.05, 0) is 24.7 Å². The maximum atomic E-state index is 10.7. The van der Waals surface area contributed by atoms with Gasteiger partial charge in [-0.1, -0.05) is 13.8 Å². The van der Waals surface area contributed by atoms with Crippen molar-refractivity contribution in [2.75, 3.05) is 0 Å². The van der Waals surface area contributed by atoms with E-state index in [2.05, 4.69) is 6.92 Å². The molecule has 12 heavy (non-hydrogen) atoms. The van der Waals surface area contributed by atoms with Gasteiger partial charge in [-0.25, -0.2) is 0 Å². The molecule has 0 amide bonds. The highest BCUT2D eigenvalue weighted by Crippen LogP contribution is 2.39. The average Bonchev–Trinajstić information content (AvgIpc) is 2.45. The molecule has 0 aliphatic heterocycles. The first kappa shape index (κ1) is 9.43. The van der Waals surface area contributed by atoms with Crippen LogP contribution in [0.5, 0.6) is 0 Å². The highest BCUT2D eigenvalue weighted by molar-refractivity contribution is 5.59. The van der Waals surface area contributed by atoms with Gasteiger partial charge in [0.2, 0.25) is 0 Å². The van der Waals surface area contributed by atoms with E-state index in [1.807, 2.05) is 6.92 Å². The lowest BCUT2D eigenvalue weighted by atomic mass is 9.84. The maximum Gasteiger partial charge on any atom is 0.123 e. The molecule has 1 rings (SSSR count). The van der Waals surface area contributed by atoms with Gasteiger partial charge in [-0.15, -0.1) is 0 Å². The van der Waals surface area contributed by atoms with E-state index in [0.29, 0.717) is 11.8 Å². The van der Waals surface area contributed by atoms with Gasteiger partial charge in [-0.2, -0.15) is 0 Å². The van der Waals surface area contributed by atoms with Crippen LogP contribution in [0.4, 0.5) is 0 Å². The third-order valence-electron chi connectivity index (χ3n) is 3.15. The minimum Gasteiger partial charge on any atom is -0.303 e. The average molecular weight is 168 g/mol. The van der Waals surface area contributed by atoms with Gasteiger partial charge < -0.3 is 9.59 Å². The zero-order valence-electron chi connectivity index (χ0n) is 7.69. The van der Waals surface area contributed by atoms with E-state index in [9.17, 15) is 9.59 Å². The molecule has 1 saturated carbocycles. The molecule has 0 heterocycles. The molecule has 0 N–H and O–H groups in total. The van der Waals surface area contributed by atoms with Crippen molar-refractivity contribution in [1.29, 1.82) is 0 Å². The summed E-state index contributed by atoms with van der Waals surface area (Å²) in [5, 5.41) is 0. The number of hydrogen-bond acceptors (Lipinski definition) is 2. The van der Waals surface area contributed by atoms with E-state index >= 15 is 0 Å². The molecule has 2 heteroatoms. The zero-order chi connectivity index (χ0) is 9.14. The molecule has 0 aromatic carbocycles. The second-order valence-electron chi connectivity index (χ2n) is 3.93. The molecule has 68 valence electrons. The number of carbonyl (C=O) groups excluding carboxylic acids is 2. The van der Waals surface area contributed by atoms with E-state index in [-0.39, 0.29) is 11.8 Å². The molecular formula is C10H16O2. The van der Waals surface area contributed by atoms with Gasteiger partial charge >= 0.3 is 0 Å². The van der Waals surface area contributed by atoms with Crippen molar-refractivity contribution in [3.05, 3.63) is 0 Å². The van der Waals surface area contributed by atoms with Crippen molar-refractivity contribution in [1.82, 2.24) is 0 Å². The van der Waals surface area contributed by atoms with Crippen molar-refractivity contribution < 1.29 is 9.59 Å². The fourth-order valence-corrected chi connectivity index (χ4v) is 2.21. The Kier molecular flexibility index (Phi) is 3.01. The Balaban J connectivity index is 2.65. The van der Waals surface area contributed by atoms with E-state index in [0.717, 1.165) is 25.4 Å². The van der Waals surface area contributed by atoms with Crippen LogP contribution in [0.1, 0.15) is 26.7 Å². The summed E-state index contributed by atoms with van der Waals surface area (Å²) in [5.41, 5.74) is 0. The third kappa shape index (κ3) is 1.57. The Hall–Kier alpha value is -0.660. The second-order valence-corrected chi connectivity index (χ2v) is 3.93. The Morgan fingerprint density at radius 3 is 2.50 bits per heavy atom. The minimum absolute atomic E-state index is 0.0464. The van der Waals surface area contributed by atoms with Gasteiger partial charge in [0.05, 0.1) is 0 Å². The Morgan fingerprint density at radius 1 is 1.33 bits per heavy atom. The number of hydrogen-bond donors (Lipinski definition) is 0. The van der Waals surface area contributed by atoms with Crippen LogP contribution in [0, 0.1) is 23.7 Å². The fraction of sp³-hybridized carbons (Fsp3) is 0.800. The highest BCUT2D eigenvalue weighted by Gasteiger charge is 2.35. The molecule has 0 aromatic heterocycles. The second kappa shape index (κ2) is 3.83. The molecule has 0 aromatic rings. The van der Waals surface area contributed by atoms with Crippen LogP contribution in [0.2, 0.25) is 0 Å². The molecule has 2 nitrogen and oxygen atoms in total. The number of rotatable bonds is 3. The quantitative estimate of drug-likeness (QED) is 0.601. The predicted octanol–water partition coefficient (Wildman–Crippen LogP) is 1.68. The highest BCUT2D eigenvalue weighted by atomic mass is 16.1. The summed E-state index contributed by atoms with van der Waals surface area (Å²) in [6.07, 6.45) is 4.12. The summed E-state index contributed by atoms with van der Waals surface area (Å²) in [4.78, 5) is 21.3. The molecule has 0 radical (unpaired) electrons. The van der Waals surface area contributed by atoms with Crippen molar-refractivity contribution in [3.8, 4) is 0 Å². The largest absolute Gasteiger partial charge is 0.303 e. The van der Waals surface area contributed by atoms with E-state index in [4.69, 9.17) is 0 Å². The molecule has 0 unspecified atom stereocenters. The summed E-state index contributed by atoms with van der Waals surface area (Å²) in [6, 6.07) is 0. The monoisotopic (exact) mass is 168 g/mol. The molecule has 4 atom stereocenters. The normalized spacial score (nSPS) is 37.7. The van der Waals surface area contributed by atoms with Crippen LogP contribution in [-0.4, -0.2) is 12.6 Å². The van der Waals surface area contributed by atoms with Gasteiger partial charge in [0.1, 0.15) is 12.6 Å². The van der Waals surface area contributed by atoms with Crippen molar-refractivity contribution in [2.24, 2.45) is 23.7 Å². The maximum absolute atomic E-state index is 10.7. The van der Waals surface area contributed by atoms with Crippen LogP contribution >= 0.6 is 0 Å². The smallest absolute Gasteiger partial charge is 0.123 e. The predicted molar refractivity (Wildman–Crippen MR) is 46.7 cm³/mol. The molecule has 0 spiro atoms. The summed E-state index contributed by atoms with van der Waals surface area (Å²) in [6.45, 7) is 4.00. The summed E-state index contributed by atoms with van der Waals surface area (Å²) in [7, 11) is 0. The van der Waals surface area contributed by atoms with Crippen LogP contribution in [-0.2, 0) is 9.59 Å². The Morgan fingerprint density at radius 2 is 2.00 bits per heavy atom. The Bertz CT molecular complexity index is 177. The van der Waals surface area contributed by atoms with Crippen LogP contribution < -0.4 is 0 Å². The molecule has 1 aliphatic carbocycles. The van der Waals surface area contributed by atoms with Crippen LogP contribution in [0.3, 0.4) is 0 Å². The summed E-state index contributed by atoms with van der Waals surface area (Å²) >= 11 is 0. The van der Waals surface area contributed by atoms with Gasteiger partial charge in [0.15, 0.2) is 0 Å². The lowest BCUT2D eigenvalue weighted by Gasteiger charge is -2.19. The SMILES string of the molecule is C[C@@H](C=O)[C@H]1CC[C@H](C)[C@@H]1C=O.